The lowest BCUT2D eigenvalue weighted by Gasteiger charge is -2.18. The third-order valence-electron chi connectivity index (χ3n) is 3.49. The van der Waals surface area contributed by atoms with Gasteiger partial charge in [-0.15, -0.1) is 0 Å². The Kier molecular flexibility index (Phi) is 4.32. The van der Waals surface area contributed by atoms with Gasteiger partial charge in [0.2, 0.25) is 0 Å². The minimum Gasteiger partial charge on any atom is -0.313 e. The minimum absolute atomic E-state index is 0.0230. The van der Waals surface area contributed by atoms with Crippen molar-refractivity contribution in [1.82, 2.24) is 15.1 Å². The molecule has 0 aliphatic heterocycles. The lowest BCUT2D eigenvalue weighted by atomic mass is 9.99. The molecule has 1 heterocycles. The van der Waals surface area contributed by atoms with Crippen LogP contribution in [0, 0.1) is 12.7 Å². The highest BCUT2D eigenvalue weighted by Gasteiger charge is 2.14. The Hall–Kier alpha value is -1.68. The maximum absolute atomic E-state index is 13.9. The predicted octanol–water partition coefficient (Wildman–Crippen LogP) is 2.76. The standard InChI is InChI=1S/C15H20FN3/c1-11-4-6-14(16)13(10-11)15(17-2)7-5-12-8-9-18-19(12)3/h4,6,8-10,15,17H,5,7H2,1-3H3. The maximum atomic E-state index is 13.9. The highest BCUT2D eigenvalue weighted by Crippen LogP contribution is 2.22. The van der Waals surface area contributed by atoms with E-state index in [9.17, 15) is 4.39 Å². The van der Waals surface area contributed by atoms with Crippen molar-refractivity contribution in [3.05, 3.63) is 53.1 Å². The van der Waals surface area contributed by atoms with E-state index in [2.05, 4.69) is 10.4 Å². The number of hydrogen-bond donors (Lipinski definition) is 1. The molecule has 2 aromatic rings. The van der Waals surface area contributed by atoms with E-state index < -0.39 is 0 Å². The zero-order valence-electron chi connectivity index (χ0n) is 11.7. The molecule has 0 radical (unpaired) electrons. The maximum Gasteiger partial charge on any atom is 0.127 e. The molecule has 0 aliphatic rings. The Morgan fingerprint density at radius 2 is 2.16 bits per heavy atom. The molecule has 0 fully saturated rings. The van der Waals surface area contributed by atoms with Crippen molar-refractivity contribution in [3.63, 3.8) is 0 Å². The van der Waals surface area contributed by atoms with Gasteiger partial charge in [-0.25, -0.2) is 4.39 Å². The third kappa shape index (κ3) is 3.20. The molecule has 1 unspecified atom stereocenters. The van der Waals surface area contributed by atoms with Crippen molar-refractivity contribution in [2.75, 3.05) is 7.05 Å². The summed E-state index contributed by atoms with van der Waals surface area (Å²) in [6.07, 6.45) is 3.50. The molecule has 0 bridgehead atoms. The van der Waals surface area contributed by atoms with Gasteiger partial charge in [0.05, 0.1) is 0 Å². The van der Waals surface area contributed by atoms with Gasteiger partial charge in [-0.2, -0.15) is 5.10 Å². The van der Waals surface area contributed by atoms with Crippen LogP contribution in [0.3, 0.4) is 0 Å². The number of nitrogens with one attached hydrogen (secondary N) is 1. The summed E-state index contributed by atoms with van der Waals surface area (Å²) in [5.74, 6) is -0.144. The van der Waals surface area contributed by atoms with Gasteiger partial charge >= 0.3 is 0 Å². The first kappa shape index (κ1) is 13.7. The van der Waals surface area contributed by atoms with Crippen LogP contribution in [-0.4, -0.2) is 16.8 Å². The van der Waals surface area contributed by atoms with Crippen LogP contribution in [0.15, 0.2) is 30.5 Å². The molecule has 0 aliphatic carbocycles. The van der Waals surface area contributed by atoms with Gasteiger partial charge in [-0.3, -0.25) is 4.68 Å². The Labute approximate surface area is 113 Å². The summed E-state index contributed by atoms with van der Waals surface area (Å²) in [4.78, 5) is 0. The van der Waals surface area contributed by atoms with Crippen molar-refractivity contribution >= 4 is 0 Å². The van der Waals surface area contributed by atoms with Gasteiger partial charge in [-0.05, 0) is 38.9 Å². The first-order valence-electron chi connectivity index (χ1n) is 6.52. The zero-order chi connectivity index (χ0) is 13.8. The van der Waals surface area contributed by atoms with Gasteiger partial charge in [0, 0.05) is 30.5 Å². The molecule has 0 spiro atoms. The van der Waals surface area contributed by atoms with Crippen molar-refractivity contribution in [3.8, 4) is 0 Å². The van der Waals surface area contributed by atoms with Crippen LogP contribution in [0.4, 0.5) is 4.39 Å². The summed E-state index contributed by atoms with van der Waals surface area (Å²) in [6, 6.07) is 7.28. The van der Waals surface area contributed by atoms with E-state index in [0.717, 1.165) is 29.7 Å². The molecule has 1 aromatic heterocycles. The minimum atomic E-state index is -0.144. The number of rotatable bonds is 5. The van der Waals surface area contributed by atoms with E-state index >= 15 is 0 Å². The second-order valence-electron chi connectivity index (χ2n) is 4.85. The first-order valence-corrected chi connectivity index (χ1v) is 6.52. The summed E-state index contributed by atoms with van der Waals surface area (Å²) in [6.45, 7) is 1.98. The number of aromatic nitrogens is 2. The normalized spacial score (nSPS) is 12.6. The molecular weight excluding hydrogens is 241 g/mol. The number of aryl methyl sites for hydroxylation is 3. The van der Waals surface area contributed by atoms with Crippen LogP contribution in [0.2, 0.25) is 0 Å². The van der Waals surface area contributed by atoms with Crippen LogP contribution in [0.1, 0.15) is 29.3 Å². The van der Waals surface area contributed by atoms with Crippen molar-refractivity contribution in [1.29, 1.82) is 0 Å². The smallest absolute Gasteiger partial charge is 0.127 e. The van der Waals surface area contributed by atoms with Gasteiger partial charge in [-0.1, -0.05) is 17.7 Å². The van der Waals surface area contributed by atoms with Gasteiger partial charge < -0.3 is 5.32 Å². The van der Waals surface area contributed by atoms with Crippen LogP contribution in [0.5, 0.6) is 0 Å². The fourth-order valence-electron chi connectivity index (χ4n) is 2.32. The zero-order valence-corrected chi connectivity index (χ0v) is 11.7. The molecule has 0 amide bonds. The van der Waals surface area contributed by atoms with Crippen LogP contribution >= 0.6 is 0 Å². The molecule has 1 atom stereocenters. The van der Waals surface area contributed by atoms with E-state index in [-0.39, 0.29) is 11.9 Å². The van der Waals surface area contributed by atoms with E-state index in [1.54, 1.807) is 18.3 Å². The largest absolute Gasteiger partial charge is 0.313 e. The second kappa shape index (κ2) is 5.97. The quantitative estimate of drug-likeness (QED) is 0.897. The number of halogens is 1. The Morgan fingerprint density at radius 1 is 1.37 bits per heavy atom. The van der Waals surface area contributed by atoms with E-state index in [1.165, 1.54) is 0 Å². The third-order valence-corrected chi connectivity index (χ3v) is 3.49. The van der Waals surface area contributed by atoms with Crippen LogP contribution in [0.25, 0.3) is 0 Å². The second-order valence-corrected chi connectivity index (χ2v) is 4.85. The molecule has 102 valence electrons. The van der Waals surface area contributed by atoms with Gasteiger partial charge in [0.25, 0.3) is 0 Å². The van der Waals surface area contributed by atoms with Crippen molar-refractivity contribution in [2.24, 2.45) is 7.05 Å². The molecule has 1 aromatic carbocycles. The van der Waals surface area contributed by atoms with Crippen LogP contribution in [-0.2, 0) is 13.5 Å². The highest BCUT2D eigenvalue weighted by molar-refractivity contribution is 5.27. The lowest BCUT2D eigenvalue weighted by Crippen LogP contribution is -2.19. The van der Waals surface area contributed by atoms with Gasteiger partial charge in [0.15, 0.2) is 0 Å². The molecule has 4 heteroatoms. The average molecular weight is 261 g/mol. The molecule has 1 N–H and O–H groups in total. The van der Waals surface area contributed by atoms with Crippen LogP contribution < -0.4 is 5.32 Å². The van der Waals surface area contributed by atoms with E-state index in [1.807, 2.05) is 37.8 Å². The summed E-state index contributed by atoms with van der Waals surface area (Å²) < 4.78 is 15.8. The summed E-state index contributed by atoms with van der Waals surface area (Å²) in [5, 5.41) is 7.35. The summed E-state index contributed by atoms with van der Waals surface area (Å²) in [5.41, 5.74) is 2.98. The predicted molar refractivity (Wildman–Crippen MR) is 74.5 cm³/mol. The van der Waals surface area contributed by atoms with Crippen molar-refractivity contribution in [2.45, 2.75) is 25.8 Å². The Bertz CT molecular complexity index is 548. The topological polar surface area (TPSA) is 29.9 Å². The molecule has 0 saturated carbocycles. The molecule has 0 saturated heterocycles. The summed E-state index contributed by atoms with van der Waals surface area (Å²) in [7, 11) is 3.80. The van der Waals surface area contributed by atoms with E-state index in [4.69, 9.17) is 0 Å². The summed E-state index contributed by atoms with van der Waals surface area (Å²) >= 11 is 0. The first-order chi connectivity index (χ1) is 9.11. The van der Waals surface area contributed by atoms with Crippen molar-refractivity contribution < 1.29 is 4.39 Å². The highest BCUT2D eigenvalue weighted by atomic mass is 19.1. The molecular formula is C15H20FN3. The monoisotopic (exact) mass is 261 g/mol. The Morgan fingerprint density at radius 3 is 2.79 bits per heavy atom. The fraction of sp³-hybridized carbons (Fsp3) is 0.400. The number of benzene rings is 1. The molecule has 2 rings (SSSR count). The number of nitrogens with zero attached hydrogens (tertiary/aromatic N) is 2. The average Bonchev–Trinajstić information content (AvgIpc) is 2.80. The Balaban J connectivity index is 2.12. The van der Waals surface area contributed by atoms with Gasteiger partial charge in [0.1, 0.15) is 5.82 Å². The number of hydrogen-bond acceptors (Lipinski definition) is 2. The van der Waals surface area contributed by atoms with E-state index in [0.29, 0.717) is 0 Å². The fourth-order valence-corrected chi connectivity index (χ4v) is 2.32. The lowest BCUT2D eigenvalue weighted by molar-refractivity contribution is 0.501. The molecule has 19 heavy (non-hydrogen) atoms. The molecule has 3 nitrogen and oxygen atoms in total. The SMILES string of the molecule is CNC(CCc1ccnn1C)c1cc(C)ccc1F.